The molecule has 1 heterocycles. The number of ether oxygens (including phenoxy) is 1. The highest BCUT2D eigenvalue weighted by atomic mass is 32.1. The Labute approximate surface area is 112 Å². The Morgan fingerprint density at radius 1 is 1.50 bits per heavy atom. The molecule has 4 nitrogen and oxygen atoms in total. The maximum Gasteiger partial charge on any atom is 0.410 e. The normalized spacial score (nSPS) is 12.9. The van der Waals surface area contributed by atoms with E-state index in [1.54, 1.807) is 27.8 Å². The van der Waals surface area contributed by atoms with E-state index in [0.717, 1.165) is 16.7 Å². The van der Waals surface area contributed by atoms with Crippen molar-refractivity contribution >= 4 is 23.7 Å². The average molecular weight is 269 g/mol. The van der Waals surface area contributed by atoms with Gasteiger partial charge in [0, 0.05) is 11.9 Å². The van der Waals surface area contributed by atoms with Crippen molar-refractivity contribution in [3.05, 3.63) is 21.9 Å². The van der Waals surface area contributed by atoms with E-state index < -0.39 is 17.7 Å². The van der Waals surface area contributed by atoms with Crippen LogP contribution in [0.25, 0.3) is 0 Å². The van der Waals surface area contributed by atoms with Crippen molar-refractivity contribution < 1.29 is 14.3 Å². The SMILES string of the molecule is Cc1ccsc1C(C=O)N(C)C(=O)OC(C)(C)C. The van der Waals surface area contributed by atoms with E-state index in [2.05, 4.69) is 0 Å². The van der Waals surface area contributed by atoms with E-state index >= 15 is 0 Å². The van der Waals surface area contributed by atoms with Gasteiger partial charge >= 0.3 is 6.09 Å². The van der Waals surface area contributed by atoms with Crippen LogP contribution in [0.15, 0.2) is 11.4 Å². The summed E-state index contributed by atoms with van der Waals surface area (Å²) in [5.74, 6) is 0. The third kappa shape index (κ3) is 3.57. The highest BCUT2D eigenvalue weighted by molar-refractivity contribution is 7.10. The molecule has 100 valence electrons. The molecule has 0 saturated carbocycles. The van der Waals surface area contributed by atoms with Crippen molar-refractivity contribution in [2.45, 2.75) is 39.3 Å². The van der Waals surface area contributed by atoms with Gasteiger partial charge in [-0.15, -0.1) is 11.3 Å². The average Bonchev–Trinajstić information content (AvgIpc) is 2.63. The summed E-state index contributed by atoms with van der Waals surface area (Å²) in [5.41, 5.74) is 0.441. The van der Waals surface area contributed by atoms with Crippen molar-refractivity contribution in [3.63, 3.8) is 0 Å². The monoisotopic (exact) mass is 269 g/mol. The Morgan fingerprint density at radius 2 is 2.11 bits per heavy atom. The van der Waals surface area contributed by atoms with Gasteiger partial charge in [0.05, 0.1) is 0 Å². The van der Waals surface area contributed by atoms with E-state index in [0.29, 0.717) is 0 Å². The first-order valence-electron chi connectivity index (χ1n) is 5.71. The maximum absolute atomic E-state index is 11.9. The van der Waals surface area contributed by atoms with Crippen LogP contribution in [0.5, 0.6) is 0 Å². The Morgan fingerprint density at radius 3 is 2.50 bits per heavy atom. The summed E-state index contributed by atoms with van der Waals surface area (Å²) in [5, 5.41) is 1.91. The fourth-order valence-corrected chi connectivity index (χ4v) is 2.49. The van der Waals surface area contributed by atoms with Gasteiger partial charge in [-0.05, 0) is 44.7 Å². The lowest BCUT2D eigenvalue weighted by Gasteiger charge is -2.27. The third-order valence-corrected chi connectivity index (χ3v) is 3.49. The summed E-state index contributed by atoms with van der Waals surface area (Å²) in [6, 6.07) is 1.35. The molecule has 5 heteroatoms. The van der Waals surface area contributed by atoms with Crippen LogP contribution in [0.2, 0.25) is 0 Å². The van der Waals surface area contributed by atoms with Gasteiger partial charge < -0.3 is 9.53 Å². The first-order chi connectivity index (χ1) is 8.26. The molecule has 0 aromatic carbocycles. The predicted octanol–water partition coefficient (Wildman–Crippen LogP) is 3.16. The number of hydrogen-bond donors (Lipinski definition) is 0. The molecular weight excluding hydrogens is 250 g/mol. The Bertz CT molecular complexity index is 434. The molecule has 0 aliphatic rings. The van der Waals surface area contributed by atoms with Crippen LogP contribution < -0.4 is 0 Å². The van der Waals surface area contributed by atoms with E-state index in [9.17, 15) is 9.59 Å². The summed E-state index contributed by atoms with van der Waals surface area (Å²) in [7, 11) is 1.58. The number of carbonyl (C=O) groups is 2. The topological polar surface area (TPSA) is 46.6 Å². The van der Waals surface area contributed by atoms with Crippen LogP contribution in [0, 0.1) is 6.92 Å². The van der Waals surface area contributed by atoms with Gasteiger partial charge in [-0.25, -0.2) is 4.79 Å². The van der Waals surface area contributed by atoms with Crippen LogP contribution >= 0.6 is 11.3 Å². The Balaban J connectivity index is 2.87. The number of rotatable bonds is 3. The molecule has 1 aromatic heterocycles. The molecule has 0 radical (unpaired) electrons. The second kappa shape index (κ2) is 5.52. The molecule has 0 saturated heterocycles. The quantitative estimate of drug-likeness (QED) is 0.792. The zero-order valence-corrected chi connectivity index (χ0v) is 12.2. The highest BCUT2D eigenvalue weighted by Gasteiger charge is 2.27. The van der Waals surface area contributed by atoms with Gasteiger partial charge in [0.2, 0.25) is 0 Å². The molecule has 18 heavy (non-hydrogen) atoms. The number of nitrogens with zero attached hydrogens (tertiary/aromatic N) is 1. The zero-order valence-electron chi connectivity index (χ0n) is 11.4. The van der Waals surface area contributed by atoms with Crippen molar-refractivity contribution in [1.82, 2.24) is 4.90 Å². The summed E-state index contributed by atoms with van der Waals surface area (Å²) in [6.45, 7) is 7.31. The van der Waals surface area contributed by atoms with Crippen molar-refractivity contribution in [2.75, 3.05) is 7.05 Å². The van der Waals surface area contributed by atoms with Crippen molar-refractivity contribution in [1.29, 1.82) is 0 Å². The van der Waals surface area contributed by atoms with Crippen molar-refractivity contribution in [3.8, 4) is 0 Å². The predicted molar refractivity (Wildman–Crippen MR) is 71.9 cm³/mol. The number of amides is 1. The fraction of sp³-hybridized carbons (Fsp3) is 0.538. The molecule has 1 rings (SSSR count). The summed E-state index contributed by atoms with van der Waals surface area (Å²) >= 11 is 1.47. The summed E-state index contributed by atoms with van der Waals surface area (Å²) in [4.78, 5) is 25.3. The van der Waals surface area contributed by atoms with Crippen LogP contribution in [0.1, 0.15) is 37.3 Å². The smallest absolute Gasteiger partial charge is 0.410 e. The lowest BCUT2D eigenvalue weighted by Crippen LogP contribution is -2.37. The molecule has 1 atom stereocenters. The van der Waals surface area contributed by atoms with Gasteiger partial charge in [-0.1, -0.05) is 0 Å². The van der Waals surface area contributed by atoms with Gasteiger partial charge in [-0.3, -0.25) is 4.90 Å². The molecule has 0 spiro atoms. The minimum atomic E-state index is -0.583. The third-order valence-electron chi connectivity index (χ3n) is 2.40. The van der Waals surface area contributed by atoms with Gasteiger partial charge in [0.15, 0.2) is 0 Å². The molecule has 0 aliphatic carbocycles. The van der Waals surface area contributed by atoms with Gasteiger partial charge in [0.25, 0.3) is 0 Å². The first-order valence-corrected chi connectivity index (χ1v) is 6.59. The number of hydrogen-bond acceptors (Lipinski definition) is 4. The minimum absolute atomic E-state index is 0.493. The zero-order chi connectivity index (χ0) is 13.9. The van der Waals surface area contributed by atoms with E-state index in [4.69, 9.17) is 4.74 Å². The molecule has 1 aromatic rings. The second-order valence-corrected chi connectivity index (χ2v) is 6.09. The standard InChI is InChI=1S/C13H19NO3S/c1-9-6-7-18-11(9)10(8-15)14(5)12(16)17-13(2,3)4/h6-8,10H,1-5H3. The summed E-state index contributed by atoms with van der Waals surface area (Å²) in [6.07, 6.45) is 0.273. The number of aldehydes is 1. The lowest BCUT2D eigenvalue weighted by molar-refractivity contribution is -0.112. The van der Waals surface area contributed by atoms with Gasteiger partial charge in [0.1, 0.15) is 17.9 Å². The number of thiophene rings is 1. The van der Waals surface area contributed by atoms with Crippen LogP contribution in [-0.2, 0) is 9.53 Å². The van der Waals surface area contributed by atoms with Crippen molar-refractivity contribution in [2.24, 2.45) is 0 Å². The fourth-order valence-electron chi connectivity index (χ4n) is 1.46. The minimum Gasteiger partial charge on any atom is -0.444 e. The first kappa shape index (κ1) is 14.7. The van der Waals surface area contributed by atoms with Gasteiger partial charge in [-0.2, -0.15) is 0 Å². The van der Waals surface area contributed by atoms with E-state index in [1.165, 1.54) is 16.2 Å². The van der Waals surface area contributed by atoms with Crippen LogP contribution in [0.3, 0.4) is 0 Å². The molecule has 0 bridgehead atoms. The summed E-state index contributed by atoms with van der Waals surface area (Å²) < 4.78 is 5.25. The number of carbonyl (C=O) groups excluding carboxylic acids is 2. The molecule has 1 amide bonds. The Kier molecular flexibility index (Phi) is 4.51. The molecule has 0 aliphatic heterocycles. The highest BCUT2D eigenvalue weighted by Crippen LogP contribution is 2.27. The van der Waals surface area contributed by atoms with Crippen LogP contribution in [-0.4, -0.2) is 29.9 Å². The Hall–Kier alpha value is -1.36. The van der Waals surface area contributed by atoms with E-state index in [1.807, 2.05) is 18.4 Å². The molecule has 0 N–H and O–H groups in total. The van der Waals surface area contributed by atoms with Crippen LogP contribution in [0.4, 0.5) is 4.79 Å². The molecular formula is C13H19NO3S. The molecule has 0 fully saturated rings. The second-order valence-electron chi connectivity index (χ2n) is 5.14. The van der Waals surface area contributed by atoms with E-state index in [-0.39, 0.29) is 0 Å². The lowest BCUT2D eigenvalue weighted by atomic mass is 10.1. The number of aryl methyl sites for hydroxylation is 1. The largest absolute Gasteiger partial charge is 0.444 e. The number of likely N-dealkylation sites (N-methyl/N-ethyl adjacent to an activating group) is 1. The maximum atomic E-state index is 11.9. The molecule has 1 unspecified atom stereocenters.